The maximum atomic E-state index is 12.9. The van der Waals surface area contributed by atoms with Crippen molar-refractivity contribution >= 4 is 27.2 Å². The Bertz CT molecular complexity index is 912. The maximum absolute atomic E-state index is 12.9. The van der Waals surface area contributed by atoms with Crippen LogP contribution in [0, 0.1) is 0 Å². The number of ketones is 1. The molecule has 9 heteroatoms. The summed E-state index contributed by atoms with van der Waals surface area (Å²) < 4.78 is 66.3. The molecule has 0 unspecified atom stereocenters. The number of carbonyl (C=O) groups excluding carboxylic acids is 1. The van der Waals surface area contributed by atoms with Crippen molar-refractivity contribution in [2.45, 2.75) is 29.8 Å². The number of hydrogen-bond donors (Lipinski definition) is 0. The summed E-state index contributed by atoms with van der Waals surface area (Å²) in [5.41, 5.74) is -1.09. The molecule has 1 aromatic heterocycles. The van der Waals surface area contributed by atoms with Gasteiger partial charge in [0.05, 0.1) is 22.2 Å². The Balaban J connectivity index is 2.13. The van der Waals surface area contributed by atoms with E-state index in [1.807, 2.05) is 0 Å². The lowest BCUT2D eigenvalue weighted by molar-refractivity contribution is -0.137. The monoisotopic (exact) mass is 375 g/mol. The van der Waals surface area contributed by atoms with E-state index in [0.29, 0.717) is 6.07 Å². The van der Waals surface area contributed by atoms with Gasteiger partial charge >= 0.3 is 6.18 Å². The molecular weight excluding hydrogens is 363 g/mol. The molecule has 0 bridgehead atoms. The van der Waals surface area contributed by atoms with Gasteiger partial charge in [0.1, 0.15) is 0 Å². The highest BCUT2D eigenvalue weighted by Gasteiger charge is 2.35. The van der Waals surface area contributed by atoms with E-state index in [4.69, 9.17) is 0 Å². The van der Waals surface area contributed by atoms with Crippen LogP contribution in [-0.4, -0.2) is 24.8 Å². The van der Waals surface area contributed by atoms with Crippen molar-refractivity contribution < 1.29 is 26.4 Å². The lowest BCUT2D eigenvalue weighted by Gasteiger charge is -2.12. The fourth-order valence-corrected chi connectivity index (χ4v) is 4.20. The first-order valence-electron chi connectivity index (χ1n) is 6.99. The number of carbonyl (C=O) groups is 1. The van der Waals surface area contributed by atoms with Gasteiger partial charge in [0.2, 0.25) is 0 Å². The minimum atomic E-state index is -4.69. The number of rotatable bonds is 4. The molecule has 24 heavy (non-hydrogen) atoms. The van der Waals surface area contributed by atoms with Gasteiger partial charge in [-0.3, -0.25) is 4.79 Å². The Morgan fingerprint density at radius 2 is 1.92 bits per heavy atom. The van der Waals surface area contributed by atoms with E-state index < -0.39 is 32.3 Å². The number of sulfone groups is 1. The summed E-state index contributed by atoms with van der Waals surface area (Å²) in [5, 5.41) is 0. The van der Waals surface area contributed by atoms with Crippen LogP contribution in [0.2, 0.25) is 0 Å². The minimum Gasteiger partial charge on any atom is -0.288 e. The van der Waals surface area contributed by atoms with E-state index in [1.165, 1.54) is 6.20 Å². The first-order valence-corrected chi connectivity index (χ1v) is 9.66. The van der Waals surface area contributed by atoms with Crippen LogP contribution in [0.25, 0.3) is 0 Å². The Morgan fingerprint density at radius 3 is 2.46 bits per heavy atom. The van der Waals surface area contributed by atoms with Gasteiger partial charge in [0.15, 0.2) is 15.6 Å². The molecule has 1 saturated carbocycles. The SMILES string of the molecule is CS(=O)(=O)c1cc(C(F)(F)F)ccc1C(=O)c1cnsc1C1CC1. The molecule has 128 valence electrons. The van der Waals surface area contributed by atoms with Gasteiger partial charge in [-0.25, -0.2) is 12.8 Å². The molecular formula is C15H12F3NO3S2. The summed E-state index contributed by atoms with van der Waals surface area (Å²) in [7, 11) is -4.01. The van der Waals surface area contributed by atoms with Gasteiger partial charge in [-0.1, -0.05) is 0 Å². The van der Waals surface area contributed by atoms with Crippen molar-refractivity contribution in [3.63, 3.8) is 0 Å². The molecule has 1 aliphatic carbocycles. The molecule has 1 heterocycles. The van der Waals surface area contributed by atoms with E-state index in [2.05, 4.69) is 4.37 Å². The summed E-state index contributed by atoms with van der Waals surface area (Å²) in [5.74, 6) is -0.382. The van der Waals surface area contributed by atoms with Crippen LogP contribution in [0.1, 0.15) is 45.1 Å². The third-order valence-corrected chi connectivity index (χ3v) is 5.84. The smallest absolute Gasteiger partial charge is 0.288 e. The Hall–Kier alpha value is -1.74. The highest BCUT2D eigenvalue weighted by molar-refractivity contribution is 7.90. The molecule has 3 rings (SSSR count). The lowest BCUT2D eigenvalue weighted by Crippen LogP contribution is -2.13. The van der Waals surface area contributed by atoms with Crippen LogP contribution in [-0.2, 0) is 16.0 Å². The molecule has 0 amide bonds. The van der Waals surface area contributed by atoms with Crippen molar-refractivity contribution in [2.75, 3.05) is 6.26 Å². The number of nitrogens with zero attached hydrogens (tertiary/aromatic N) is 1. The van der Waals surface area contributed by atoms with E-state index >= 15 is 0 Å². The molecule has 0 radical (unpaired) electrons. The van der Waals surface area contributed by atoms with E-state index in [1.54, 1.807) is 0 Å². The summed E-state index contributed by atoms with van der Waals surface area (Å²) in [4.78, 5) is 12.9. The van der Waals surface area contributed by atoms with E-state index in [9.17, 15) is 26.4 Å². The second-order valence-corrected chi connectivity index (χ2v) is 8.51. The average molecular weight is 375 g/mol. The molecule has 2 aromatic rings. The van der Waals surface area contributed by atoms with Gasteiger partial charge in [-0.2, -0.15) is 13.2 Å². The second-order valence-electron chi connectivity index (χ2n) is 5.69. The van der Waals surface area contributed by atoms with Gasteiger partial charge in [0, 0.05) is 16.7 Å². The molecule has 0 atom stereocenters. The number of halogens is 3. The fourth-order valence-electron chi connectivity index (χ4n) is 2.40. The van der Waals surface area contributed by atoms with Crippen molar-refractivity contribution in [3.8, 4) is 0 Å². The second kappa shape index (κ2) is 5.66. The average Bonchev–Trinajstić information content (AvgIpc) is 3.21. The highest BCUT2D eigenvalue weighted by atomic mass is 32.2. The summed E-state index contributed by atoms with van der Waals surface area (Å²) in [6, 6.07) is 2.16. The zero-order valence-corrected chi connectivity index (χ0v) is 14.1. The molecule has 4 nitrogen and oxygen atoms in total. The summed E-state index contributed by atoms with van der Waals surface area (Å²) in [6.07, 6.45) is -0.704. The third-order valence-electron chi connectivity index (χ3n) is 3.74. The summed E-state index contributed by atoms with van der Waals surface area (Å²) in [6.45, 7) is 0. The third kappa shape index (κ3) is 3.23. The highest BCUT2D eigenvalue weighted by Crippen LogP contribution is 2.44. The molecule has 0 aliphatic heterocycles. The number of benzene rings is 1. The van der Waals surface area contributed by atoms with Gasteiger partial charge < -0.3 is 0 Å². The van der Waals surface area contributed by atoms with Gasteiger partial charge in [-0.15, -0.1) is 0 Å². The van der Waals surface area contributed by atoms with Crippen LogP contribution in [0.5, 0.6) is 0 Å². The Morgan fingerprint density at radius 1 is 1.25 bits per heavy atom. The van der Waals surface area contributed by atoms with Crippen molar-refractivity contribution in [3.05, 3.63) is 46.0 Å². The molecule has 1 aliphatic rings. The minimum absolute atomic E-state index is 0.229. The summed E-state index contributed by atoms with van der Waals surface area (Å²) >= 11 is 1.16. The molecule has 0 spiro atoms. The predicted octanol–water partition coefficient (Wildman–Crippen LogP) is 3.67. The Kier molecular flexibility index (Phi) is 4.03. The van der Waals surface area contributed by atoms with Crippen molar-refractivity contribution in [1.82, 2.24) is 4.37 Å². The fraction of sp³-hybridized carbons (Fsp3) is 0.333. The van der Waals surface area contributed by atoms with Crippen molar-refractivity contribution in [2.24, 2.45) is 0 Å². The standard InChI is InChI=1S/C15H12F3NO3S2/c1-24(21,22)12-6-9(15(16,17)18)4-5-10(12)13(20)11-7-19-23-14(11)8-2-3-8/h4-8H,2-3H2,1H3. The lowest BCUT2D eigenvalue weighted by atomic mass is 10.0. The molecule has 0 saturated heterocycles. The maximum Gasteiger partial charge on any atom is 0.416 e. The topological polar surface area (TPSA) is 64.1 Å². The van der Waals surface area contributed by atoms with Crippen LogP contribution in [0.15, 0.2) is 29.3 Å². The molecule has 0 N–H and O–H groups in total. The van der Waals surface area contributed by atoms with Crippen molar-refractivity contribution in [1.29, 1.82) is 0 Å². The molecule has 1 aromatic carbocycles. The van der Waals surface area contributed by atoms with Gasteiger partial charge in [-0.05, 0) is 48.5 Å². The zero-order valence-electron chi connectivity index (χ0n) is 12.4. The number of hydrogen-bond acceptors (Lipinski definition) is 5. The van der Waals surface area contributed by atoms with E-state index in [-0.39, 0.29) is 17.0 Å². The number of alkyl halides is 3. The van der Waals surface area contributed by atoms with Crippen LogP contribution in [0.3, 0.4) is 0 Å². The van der Waals surface area contributed by atoms with Crippen LogP contribution >= 0.6 is 11.5 Å². The van der Waals surface area contributed by atoms with Crippen LogP contribution < -0.4 is 0 Å². The number of aromatic nitrogens is 1. The van der Waals surface area contributed by atoms with E-state index in [0.717, 1.165) is 47.6 Å². The van der Waals surface area contributed by atoms with Gasteiger partial charge in [0.25, 0.3) is 0 Å². The quantitative estimate of drug-likeness (QED) is 0.765. The molecule has 1 fully saturated rings. The normalized spacial score (nSPS) is 15.5. The first kappa shape index (κ1) is 17.1. The zero-order chi connectivity index (χ0) is 17.7. The Labute approximate surface area is 140 Å². The predicted molar refractivity (Wildman–Crippen MR) is 82.1 cm³/mol. The largest absolute Gasteiger partial charge is 0.416 e. The van der Waals surface area contributed by atoms with Crippen LogP contribution in [0.4, 0.5) is 13.2 Å². The first-order chi connectivity index (χ1) is 11.1.